The number of amides is 2. The maximum atomic E-state index is 11.6. The Balaban J connectivity index is 1.87. The molecule has 1 heterocycles. The Kier molecular flexibility index (Phi) is 11.5. The zero-order valence-corrected chi connectivity index (χ0v) is 14.6. The van der Waals surface area contributed by atoms with Gasteiger partial charge in [0, 0.05) is 19.8 Å². The van der Waals surface area contributed by atoms with Crippen molar-refractivity contribution in [2.45, 2.75) is 51.9 Å². The van der Waals surface area contributed by atoms with Gasteiger partial charge in [0.25, 0.3) is 5.91 Å². The second kappa shape index (κ2) is 13.6. The van der Waals surface area contributed by atoms with Crippen LogP contribution in [0.2, 0.25) is 0 Å². The number of hydrogen-bond acceptors (Lipinski definition) is 4. The van der Waals surface area contributed by atoms with E-state index >= 15 is 0 Å². The summed E-state index contributed by atoms with van der Waals surface area (Å²) >= 11 is 0. The lowest BCUT2D eigenvalue weighted by Gasteiger charge is -2.07. The summed E-state index contributed by atoms with van der Waals surface area (Å²) in [7, 11) is 0. The standard InChI is InChI=1S/C18H30N2O4/c1-2-3-4-5-6-7-11-23-12-8-10-19-17(21)14-20-18(22)16-9-13-24-15-16/h9,13,15H,2-8,10-12,14H2,1H3,(H,19,21)(H,20,22). The van der Waals surface area contributed by atoms with E-state index in [1.165, 1.54) is 44.6 Å². The summed E-state index contributed by atoms with van der Waals surface area (Å²) < 4.78 is 10.3. The van der Waals surface area contributed by atoms with Crippen molar-refractivity contribution in [3.05, 3.63) is 24.2 Å². The summed E-state index contributed by atoms with van der Waals surface area (Å²) in [6, 6.07) is 1.55. The first-order chi connectivity index (χ1) is 11.7. The quantitative estimate of drug-likeness (QED) is 0.511. The van der Waals surface area contributed by atoms with E-state index in [2.05, 4.69) is 17.6 Å². The van der Waals surface area contributed by atoms with E-state index in [-0.39, 0.29) is 18.4 Å². The molecular weight excluding hydrogens is 308 g/mol. The van der Waals surface area contributed by atoms with Crippen molar-refractivity contribution in [2.24, 2.45) is 0 Å². The molecule has 0 aromatic carbocycles. The van der Waals surface area contributed by atoms with Gasteiger partial charge in [-0.15, -0.1) is 0 Å². The van der Waals surface area contributed by atoms with E-state index in [1.807, 2.05) is 0 Å². The van der Waals surface area contributed by atoms with Crippen LogP contribution in [-0.4, -0.2) is 38.1 Å². The van der Waals surface area contributed by atoms with Crippen LogP contribution in [0, 0.1) is 0 Å². The summed E-state index contributed by atoms with van der Waals surface area (Å²) in [5.74, 6) is -0.524. The van der Waals surface area contributed by atoms with Crippen LogP contribution >= 0.6 is 0 Å². The minimum Gasteiger partial charge on any atom is -0.472 e. The molecule has 0 atom stereocenters. The van der Waals surface area contributed by atoms with E-state index in [0.29, 0.717) is 18.7 Å². The van der Waals surface area contributed by atoms with Gasteiger partial charge in [-0.25, -0.2) is 0 Å². The number of carbonyl (C=O) groups excluding carboxylic acids is 2. The van der Waals surface area contributed by atoms with Crippen LogP contribution in [0.15, 0.2) is 23.0 Å². The highest BCUT2D eigenvalue weighted by Crippen LogP contribution is 2.04. The molecule has 1 aromatic heterocycles. The number of hydrogen-bond donors (Lipinski definition) is 2. The Morgan fingerprint density at radius 3 is 2.54 bits per heavy atom. The zero-order chi connectivity index (χ0) is 17.5. The van der Waals surface area contributed by atoms with Gasteiger partial charge >= 0.3 is 0 Å². The SMILES string of the molecule is CCCCCCCCOCCCNC(=O)CNC(=O)c1ccoc1. The van der Waals surface area contributed by atoms with Crippen molar-refractivity contribution >= 4 is 11.8 Å². The average molecular weight is 338 g/mol. The van der Waals surface area contributed by atoms with Gasteiger partial charge in [0.1, 0.15) is 6.26 Å². The third-order valence-electron chi connectivity index (χ3n) is 3.62. The predicted molar refractivity (Wildman–Crippen MR) is 92.9 cm³/mol. The molecule has 0 saturated heterocycles. The number of furan rings is 1. The zero-order valence-electron chi connectivity index (χ0n) is 14.6. The molecule has 2 N–H and O–H groups in total. The summed E-state index contributed by atoms with van der Waals surface area (Å²) in [5.41, 5.74) is 0.408. The fourth-order valence-electron chi connectivity index (χ4n) is 2.21. The molecule has 0 aliphatic rings. The molecule has 0 saturated carbocycles. The van der Waals surface area contributed by atoms with Gasteiger partial charge in [-0.1, -0.05) is 39.0 Å². The van der Waals surface area contributed by atoms with Gasteiger partial charge in [-0.2, -0.15) is 0 Å². The first-order valence-corrected chi connectivity index (χ1v) is 8.89. The van der Waals surface area contributed by atoms with Crippen LogP contribution < -0.4 is 10.6 Å². The maximum Gasteiger partial charge on any atom is 0.254 e. The largest absolute Gasteiger partial charge is 0.472 e. The number of unbranched alkanes of at least 4 members (excludes halogenated alkanes) is 5. The van der Waals surface area contributed by atoms with Crippen LogP contribution in [0.4, 0.5) is 0 Å². The summed E-state index contributed by atoms with van der Waals surface area (Å²) in [4.78, 5) is 23.2. The Morgan fingerprint density at radius 1 is 1.04 bits per heavy atom. The van der Waals surface area contributed by atoms with Crippen LogP contribution in [0.25, 0.3) is 0 Å². The fourth-order valence-corrected chi connectivity index (χ4v) is 2.21. The van der Waals surface area contributed by atoms with Crippen molar-refractivity contribution in [1.82, 2.24) is 10.6 Å². The second-order valence-corrected chi connectivity index (χ2v) is 5.78. The van der Waals surface area contributed by atoms with E-state index in [1.54, 1.807) is 6.07 Å². The van der Waals surface area contributed by atoms with E-state index in [0.717, 1.165) is 19.4 Å². The van der Waals surface area contributed by atoms with Crippen molar-refractivity contribution in [2.75, 3.05) is 26.3 Å². The topological polar surface area (TPSA) is 80.6 Å². The summed E-state index contributed by atoms with van der Waals surface area (Å²) in [6.07, 6.45) is 11.1. The van der Waals surface area contributed by atoms with Gasteiger partial charge in [0.2, 0.25) is 5.91 Å². The molecule has 1 rings (SSSR count). The van der Waals surface area contributed by atoms with Crippen LogP contribution in [0.5, 0.6) is 0 Å². The molecule has 0 spiro atoms. The Hall–Kier alpha value is -1.82. The Morgan fingerprint density at radius 2 is 1.79 bits per heavy atom. The highest BCUT2D eigenvalue weighted by molar-refractivity contribution is 5.96. The molecule has 24 heavy (non-hydrogen) atoms. The van der Waals surface area contributed by atoms with Gasteiger partial charge in [0.05, 0.1) is 18.4 Å². The van der Waals surface area contributed by atoms with Crippen molar-refractivity contribution in [3.8, 4) is 0 Å². The summed E-state index contributed by atoms with van der Waals surface area (Å²) in [5, 5.41) is 5.28. The van der Waals surface area contributed by atoms with Crippen molar-refractivity contribution < 1.29 is 18.7 Å². The van der Waals surface area contributed by atoms with Gasteiger partial charge in [-0.3, -0.25) is 9.59 Å². The number of carbonyl (C=O) groups is 2. The summed E-state index contributed by atoms with van der Waals surface area (Å²) in [6.45, 7) is 4.17. The Labute approximate surface area is 144 Å². The van der Waals surface area contributed by atoms with E-state index in [9.17, 15) is 9.59 Å². The minimum absolute atomic E-state index is 0.0391. The first kappa shape index (κ1) is 20.2. The van der Waals surface area contributed by atoms with Crippen LogP contribution in [0.3, 0.4) is 0 Å². The van der Waals surface area contributed by atoms with Crippen LogP contribution in [0.1, 0.15) is 62.2 Å². The van der Waals surface area contributed by atoms with Gasteiger partial charge in [-0.05, 0) is 18.9 Å². The molecule has 136 valence electrons. The third kappa shape index (κ3) is 10.0. The molecule has 0 aliphatic heterocycles. The normalized spacial score (nSPS) is 10.5. The van der Waals surface area contributed by atoms with Gasteiger partial charge in [0.15, 0.2) is 0 Å². The third-order valence-corrected chi connectivity index (χ3v) is 3.62. The van der Waals surface area contributed by atoms with Crippen molar-refractivity contribution in [3.63, 3.8) is 0 Å². The van der Waals surface area contributed by atoms with E-state index < -0.39 is 0 Å². The number of ether oxygens (including phenoxy) is 1. The molecule has 1 aromatic rings. The molecule has 0 aliphatic carbocycles. The lowest BCUT2D eigenvalue weighted by molar-refractivity contribution is -0.120. The smallest absolute Gasteiger partial charge is 0.254 e. The highest BCUT2D eigenvalue weighted by Gasteiger charge is 2.08. The molecule has 2 amide bonds. The first-order valence-electron chi connectivity index (χ1n) is 8.89. The second-order valence-electron chi connectivity index (χ2n) is 5.78. The Bertz CT molecular complexity index is 446. The molecule has 0 bridgehead atoms. The molecule has 6 nitrogen and oxygen atoms in total. The molecule has 0 fully saturated rings. The fraction of sp³-hybridized carbons (Fsp3) is 0.667. The lowest BCUT2D eigenvalue weighted by Crippen LogP contribution is -2.37. The monoisotopic (exact) mass is 338 g/mol. The average Bonchev–Trinajstić information content (AvgIpc) is 3.12. The molecule has 0 radical (unpaired) electrons. The number of rotatable bonds is 14. The molecule has 0 unspecified atom stereocenters. The van der Waals surface area contributed by atoms with Crippen molar-refractivity contribution in [1.29, 1.82) is 0 Å². The molecule has 6 heteroatoms. The number of nitrogens with one attached hydrogen (secondary N) is 2. The van der Waals surface area contributed by atoms with Crippen LogP contribution in [-0.2, 0) is 9.53 Å². The van der Waals surface area contributed by atoms with E-state index in [4.69, 9.17) is 9.15 Å². The maximum absolute atomic E-state index is 11.6. The highest BCUT2D eigenvalue weighted by atomic mass is 16.5. The molecular formula is C18H30N2O4. The predicted octanol–water partition coefficient (Wildman–Crippen LogP) is 2.89. The lowest BCUT2D eigenvalue weighted by atomic mass is 10.1. The van der Waals surface area contributed by atoms with Gasteiger partial charge < -0.3 is 19.8 Å². The minimum atomic E-state index is -0.318.